The number of hydrogen-bond donors (Lipinski definition) is 3. The average Bonchev–Trinajstić information content (AvgIpc) is 2.51. The molecule has 0 aromatic heterocycles. The molecule has 0 heterocycles. The molecule has 0 unspecified atom stereocenters. The third-order valence-electron chi connectivity index (χ3n) is 3.34. The van der Waals surface area contributed by atoms with E-state index in [0.717, 1.165) is 11.1 Å². The summed E-state index contributed by atoms with van der Waals surface area (Å²) in [5.74, 6) is -0.226. The topological polar surface area (TPSA) is 69.6 Å². The summed E-state index contributed by atoms with van der Waals surface area (Å²) in [6, 6.07) is 14.1. The molecule has 0 spiro atoms. The number of hydrogen-bond acceptors (Lipinski definition) is 4. The van der Waals surface area contributed by atoms with Crippen molar-refractivity contribution in [2.75, 3.05) is 12.7 Å². The first-order valence-corrected chi connectivity index (χ1v) is 10.2. The zero-order valence-corrected chi connectivity index (χ0v) is 15.4. The Balaban J connectivity index is 1.77. The number of benzene rings is 2. The summed E-state index contributed by atoms with van der Waals surface area (Å²) in [5, 5.41) is 4.24. The Morgan fingerprint density at radius 1 is 0.917 bits per heavy atom. The van der Waals surface area contributed by atoms with Gasteiger partial charge >= 0.3 is 0 Å². The Morgan fingerprint density at radius 3 is 1.96 bits per heavy atom. The molecule has 0 fully saturated rings. The Labute approximate surface area is 151 Å². The predicted octanol–water partition coefficient (Wildman–Crippen LogP) is 3.68. The van der Waals surface area contributed by atoms with Crippen LogP contribution in [0.4, 0.5) is 0 Å². The van der Waals surface area contributed by atoms with E-state index in [1.807, 2.05) is 12.1 Å². The highest BCUT2D eigenvalue weighted by Crippen LogP contribution is 2.52. The largest absolute Gasteiger partial charge is 0.306 e. The van der Waals surface area contributed by atoms with E-state index in [0.29, 0.717) is 16.6 Å². The van der Waals surface area contributed by atoms with Gasteiger partial charge in [0, 0.05) is 16.6 Å². The Kier molecular flexibility index (Phi) is 7.17. The van der Waals surface area contributed by atoms with Crippen LogP contribution in [0, 0.1) is 0 Å². The van der Waals surface area contributed by atoms with Gasteiger partial charge in [0.2, 0.25) is 0 Å². The lowest BCUT2D eigenvalue weighted by atomic mass is 10.2. The van der Waals surface area contributed by atoms with Gasteiger partial charge < -0.3 is 5.32 Å². The number of ketones is 1. The molecule has 0 amide bonds. The second-order valence-corrected chi connectivity index (χ2v) is 8.85. The maximum Gasteiger partial charge on any atom is 0.279 e. The smallest absolute Gasteiger partial charge is 0.279 e. The normalized spacial score (nSPS) is 11.5. The Hall–Kier alpha value is -1.00. The molecule has 0 aliphatic heterocycles. The zero-order valence-electron chi connectivity index (χ0n) is 13.0. The van der Waals surface area contributed by atoms with Crippen molar-refractivity contribution in [2.45, 2.75) is 12.7 Å². The minimum absolute atomic E-state index is 0.0765. The standard InChI is InChI=1S/C17H19Cl2NO3P/c18-15-5-1-13(2-6-15)9-20-10-17(21)12-24(22,23)11-14-3-7-16(19)8-4-14/h1-8,20,22-23H,9-12H2/q+1. The van der Waals surface area contributed by atoms with E-state index < -0.39 is 7.72 Å². The van der Waals surface area contributed by atoms with Gasteiger partial charge in [-0.25, -0.2) is 9.79 Å². The van der Waals surface area contributed by atoms with Gasteiger partial charge in [0.05, 0.1) is 6.54 Å². The summed E-state index contributed by atoms with van der Waals surface area (Å²) in [6.07, 6.45) is -0.156. The number of nitrogens with one attached hydrogen (secondary N) is 1. The van der Waals surface area contributed by atoms with Crippen LogP contribution < -0.4 is 5.32 Å². The van der Waals surface area contributed by atoms with Gasteiger partial charge in [0.25, 0.3) is 7.72 Å². The Bertz CT molecular complexity index is 675. The highest BCUT2D eigenvalue weighted by molar-refractivity contribution is 7.64. The van der Waals surface area contributed by atoms with Gasteiger partial charge in [0.1, 0.15) is 6.16 Å². The molecule has 0 aliphatic rings. The van der Waals surface area contributed by atoms with E-state index in [1.54, 1.807) is 36.4 Å². The maximum atomic E-state index is 12.0. The van der Waals surface area contributed by atoms with E-state index in [9.17, 15) is 14.6 Å². The summed E-state index contributed by atoms with van der Waals surface area (Å²) >= 11 is 11.6. The number of carbonyl (C=O) groups is 1. The molecule has 24 heavy (non-hydrogen) atoms. The summed E-state index contributed by atoms with van der Waals surface area (Å²) in [4.78, 5) is 32.2. The zero-order chi connectivity index (χ0) is 17.6. The van der Waals surface area contributed by atoms with Crippen molar-refractivity contribution in [2.24, 2.45) is 0 Å². The van der Waals surface area contributed by atoms with Gasteiger partial charge in [-0.15, -0.1) is 0 Å². The van der Waals surface area contributed by atoms with Crippen LogP contribution in [0.3, 0.4) is 0 Å². The van der Waals surface area contributed by atoms with Gasteiger partial charge in [-0.1, -0.05) is 47.5 Å². The molecule has 0 bridgehead atoms. The average molecular weight is 387 g/mol. The van der Waals surface area contributed by atoms with E-state index >= 15 is 0 Å². The number of halogens is 2. The van der Waals surface area contributed by atoms with E-state index in [-0.39, 0.29) is 24.7 Å². The lowest BCUT2D eigenvalue weighted by Crippen LogP contribution is -2.26. The molecule has 3 N–H and O–H groups in total. The molecule has 128 valence electrons. The molecule has 0 saturated heterocycles. The minimum atomic E-state index is -3.30. The number of Topliss-reactive ketones (excluding diaryl/α,β-unsaturated/α-hetero) is 1. The summed E-state index contributed by atoms with van der Waals surface area (Å²) in [5.41, 5.74) is 1.75. The van der Waals surface area contributed by atoms with Gasteiger partial charge in [-0.3, -0.25) is 4.79 Å². The second-order valence-electron chi connectivity index (χ2n) is 5.59. The van der Waals surface area contributed by atoms with Crippen molar-refractivity contribution < 1.29 is 14.6 Å². The number of rotatable bonds is 8. The van der Waals surface area contributed by atoms with Crippen molar-refractivity contribution in [1.82, 2.24) is 5.32 Å². The first-order valence-electron chi connectivity index (χ1n) is 7.38. The van der Waals surface area contributed by atoms with Gasteiger partial charge in [-0.2, -0.15) is 0 Å². The van der Waals surface area contributed by atoms with Gasteiger partial charge in [-0.05, 0) is 35.4 Å². The van der Waals surface area contributed by atoms with E-state index in [4.69, 9.17) is 23.2 Å². The summed E-state index contributed by atoms with van der Waals surface area (Å²) in [6.45, 7) is 0.606. The van der Waals surface area contributed by atoms with Crippen molar-refractivity contribution in [3.63, 3.8) is 0 Å². The van der Waals surface area contributed by atoms with Crippen LogP contribution in [0.5, 0.6) is 0 Å². The summed E-state index contributed by atoms with van der Waals surface area (Å²) < 4.78 is 0. The minimum Gasteiger partial charge on any atom is -0.306 e. The van der Waals surface area contributed by atoms with Crippen LogP contribution >= 0.6 is 30.9 Å². The fourth-order valence-electron chi connectivity index (χ4n) is 2.22. The maximum absolute atomic E-state index is 12.0. The fraction of sp³-hybridized carbons (Fsp3) is 0.235. The molecule has 0 aliphatic carbocycles. The van der Waals surface area contributed by atoms with Crippen LogP contribution in [-0.4, -0.2) is 28.3 Å². The van der Waals surface area contributed by atoms with Gasteiger partial charge in [0.15, 0.2) is 11.9 Å². The first-order chi connectivity index (χ1) is 11.3. The quantitative estimate of drug-likeness (QED) is 0.605. The van der Waals surface area contributed by atoms with Crippen LogP contribution in [0.15, 0.2) is 48.5 Å². The van der Waals surface area contributed by atoms with E-state index in [2.05, 4.69) is 5.32 Å². The third-order valence-corrected chi connectivity index (χ3v) is 5.58. The highest BCUT2D eigenvalue weighted by atomic mass is 35.5. The molecule has 0 radical (unpaired) electrons. The van der Waals surface area contributed by atoms with Crippen LogP contribution in [-0.2, 0) is 17.5 Å². The van der Waals surface area contributed by atoms with Crippen molar-refractivity contribution in [3.8, 4) is 0 Å². The molecule has 2 aromatic rings. The SMILES string of the molecule is O=C(CNCc1ccc(Cl)cc1)C[P+](O)(O)Cc1ccc(Cl)cc1. The van der Waals surface area contributed by atoms with Crippen molar-refractivity contribution >= 4 is 36.7 Å². The third kappa shape index (κ3) is 6.86. The van der Waals surface area contributed by atoms with Crippen LogP contribution in [0.25, 0.3) is 0 Å². The number of carbonyl (C=O) groups excluding carboxylic acids is 1. The molecular formula is C17H19Cl2NO3P+. The molecule has 0 atom stereocenters. The predicted molar refractivity (Wildman–Crippen MR) is 99.5 cm³/mol. The van der Waals surface area contributed by atoms with Crippen LogP contribution in [0.1, 0.15) is 11.1 Å². The second kappa shape index (κ2) is 8.91. The first kappa shape index (κ1) is 19.3. The molecule has 4 nitrogen and oxygen atoms in total. The lowest BCUT2D eigenvalue weighted by molar-refractivity contribution is -0.116. The van der Waals surface area contributed by atoms with Crippen molar-refractivity contribution in [3.05, 3.63) is 69.7 Å². The van der Waals surface area contributed by atoms with Crippen LogP contribution in [0.2, 0.25) is 10.0 Å². The summed E-state index contributed by atoms with van der Waals surface area (Å²) in [7, 11) is -3.30. The highest BCUT2D eigenvalue weighted by Gasteiger charge is 2.36. The Morgan fingerprint density at radius 2 is 1.42 bits per heavy atom. The monoisotopic (exact) mass is 386 g/mol. The molecule has 2 aromatic carbocycles. The fourth-order valence-corrected chi connectivity index (χ4v) is 4.06. The molecular weight excluding hydrogens is 368 g/mol. The van der Waals surface area contributed by atoms with E-state index in [1.165, 1.54) is 0 Å². The lowest BCUT2D eigenvalue weighted by Gasteiger charge is -2.12. The molecule has 7 heteroatoms. The molecule has 0 saturated carbocycles. The van der Waals surface area contributed by atoms with Crippen molar-refractivity contribution in [1.29, 1.82) is 0 Å². The molecule has 2 rings (SSSR count).